The molecule has 0 fully saturated rings. The molecule has 1 nitrogen and oxygen atoms in total. The molecule has 2 rings (SSSR count). The molecule has 0 amide bonds. The normalized spacial score (nSPS) is 42.0. The Hall–Kier alpha value is -0.110. The second-order valence-electron chi connectivity index (χ2n) is 3.52. The molecule has 1 aliphatic heterocycles. The highest BCUT2D eigenvalue weighted by Crippen LogP contribution is 2.36. The number of nitrogens with zero attached hydrogens (tertiary/aromatic N) is 1. The summed E-state index contributed by atoms with van der Waals surface area (Å²) in [6.45, 7) is 2.29. The van der Waals surface area contributed by atoms with Gasteiger partial charge in [-0.05, 0) is 29.5 Å². The highest BCUT2D eigenvalue weighted by molar-refractivity contribution is 9.11. The van der Waals surface area contributed by atoms with E-state index in [1.807, 2.05) is 0 Å². The van der Waals surface area contributed by atoms with E-state index in [4.69, 9.17) is 0 Å². The molecule has 0 spiro atoms. The third-order valence-electron chi connectivity index (χ3n) is 2.59. The van der Waals surface area contributed by atoms with Crippen molar-refractivity contribution < 1.29 is 0 Å². The highest BCUT2D eigenvalue weighted by Gasteiger charge is 2.31. The molecule has 0 saturated carbocycles. The zero-order chi connectivity index (χ0) is 7.84. The van der Waals surface area contributed by atoms with Gasteiger partial charge in [-0.3, -0.25) is 4.99 Å². The Bertz CT molecular complexity index is 220. The second kappa shape index (κ2) is 2.74. The summed E-state index contributed by atoms with van der Waals surface area (Å²) in [6, 6.07) is 0.580. The lowest BCUT2D eigenvalue weighted by atomic mass is 9.83. The van der Waals surface area contributed by atoms with E-state index in [1.165, 1.54) is 10.9 Å². The lowest BCUT2D eigenvalue weighted by Gasteiger charge is -2.26. The van der Waals surface area contributed by atoms with Crippen molar-refractivity contribution in [3.63, 3.8) is 0 Å². The van der Waals surface area contributed by atoms with E-state index in [1.54, 1.807) is 0 Å². The molecule has 0 radical (unpaired) electrons. The third-order valence-corrected chi connectivity index (χ3v) is 3.18. The topological polar surface area (TPSA) is 12.4 Å². The van der Waals surface area contributed by atoms with Crippen LogP contribution in [0.5, 0.6) is 0 Å². The van der Waals surface area contributed by atoms with Crippen molar-refractivity contribution >= 4 is 22.1 Å². The fraction of sp³-hybridized carbons (Fsp3) is 0.667. The molecule has 0 aromatic heterocycles. The number of rotatable bonds is 0. The van der Waals surface area contributed by atoms with Crippen molar-refractivity contribution in [3.05, 3.63) is 10.6 Å². The predicted molar refractivity (Wildman–Crippen MR) is 51.2 cm³/mol. The molecule has 0 aromatic rings. The summed E-state index contributed by atoms with van der Waals surface area (Å²) >= 11 is 3.57. The molecular weight excluding hydrogens is 202 g/mol. The summed E-state index contributed by atoms with van der Waals surface area (Å²) in [6.07, 6.45) is 6.72. The van der Waals surface area contributed by atoms with Crippen LogP contribution < -0.4 is 0 Å². The average Bonchev–Trinajstić information content (AvgIpc) is 2.34. The first kappa shape index (κ1) is 7.53. The summed E-state index contributed by atoms with van der Waals surface area (Å²) in [5.41, 5.74) is 0. The molecule has 1 heterocycles. The summed E-state index contributed by atoms with van der Waals surface area (Å²) in [5.74, 6) is 1.41. The lowest BCUT2D eigenvalue weighted by molar-refractivity contribution is 0.381. The fourth-order valence-electron chi connectivity index (χ4n) is 2.02. The standard InChI is InChI=1S/C9H12BrN/c1-6-4-8(10)5-7-2-3-11-9(6)7/h3,5-7,9H,2,4H2,1H3. The molecule has 0 bridgehead atoms. The summed E-state index contributed by atoms with van der Waals surface area (Å²) < 4.78 is 1.37. The van der Waals surface area contributed by atoms with E-state index in [0.29, 0.717) is 12.0 Å². The van der Waals surface area contributed by atoms with Crippen molar-refractivity contribution in [1.82, 2.24) is 0 Å². The quantitative estimate of drug-likeness (QED) is 0.587. The van der Waals surface area contributed by atoms with Gasteiger partial charge >= 0.3 is 0 Å². The van der Waals surface area contributed by atoms with Crippen LogP contribution in [-0.2, 0) is 0 Å². The number of halogens is 1. The summed E-state index contributed by atoms with van der Waals surface area (Å²) in [7, 11) is 0. The molecule has 60 valence electrons. The van der Waals surface area contributed by atoms with Gasteiger partial charge in [0.2, 0.25) is 0 Å². The van der Waals surface area contributed by atoms with Gasteiger partial charge in [0, 0.05) is 5.92 Å². The van der Waals surface area contributed by atoms with E-state index in [2.05, 4.69) is 40.1 Å². The Morgan fingerprint density at radius 3 is 3.27 bits per heavy atom. The molecule has 0 aromatic carbocycles. The molecule has 3 unspecified atom stereocenters. The molecule has 2 heteroatoms. The molecule has 11 heavy (non-hydrogen) atoms. The number of allylic oxidation sites excluding steroid dienone is 1. The minimum absolute atomic E-state index is 0.580. The van der Waals surface area contributed by atoms with Gasteiger partial charge in [0.25, 0.3) is 0 Å². The maximum absolute atomic E-state index is 4.48. The number of hydrogen-bond donors (Lipinski definition) is 0. The van der Waals surface area contributed by atoms with Gasteiger partial charge in [-0.1, -0.05) is 28.9 Å². The summed E-state index contributed by atoms with van der Waals surface area (Å²) in [4.78, 5) is 4.48. The molecule has 0 saturated heterocycles. The van der Waals surface area contributed by atoms with Crippen molar-refractivity contribution in [2.45, 2.75) is 25.8 Å². The average molecular weight is 214 g/mol. The Kier molecular flexibility index (Phi) is 1.88. The largest absolute Gasteiger partial charge is 0.293 e. The van der Waals surface area contributed by atoms with Crippen LogP contribution in [0.1, 0.15) is 19.8 Å². The van der Waals surface area contributed by atoms with Gasteiger partial charge in [0.15, 0.2) is 0 Å². The van der Waals surface area contributed by atoms with Crippen molar-refractivity contribution in [2.24, 2.45) is 16.8 Å². The Morgan fingerprint density at radius 2 is 2.45 bits per heavy atom. The van der Waals surface area contributed by atoms with Crippen LogP contribution in [-0.4, -0.2) is 12.3 Å². The minimum atomic E-state index is 0.580. The maximum atomic E-state index is 4.48. The zero-order valence-corrected chi connectivity index (χ0v) is 8.21. The number of aliphatic imine (C=N–C) groups is 1. The molecule has 2 aliphatic rings. The summed E-state index contributed by atoms with van der Waals surface area (Å²) in [5, 5.41) is 0. The zero-order valence-electron chi connectivity index (χ0n) is 6.63. The maximum Gasteiger partial charge on any atom is 0.0591 e. The second-order valence-corrected chi connectivity index (χ2v) is 4.54. The third kappa shape index (κ3) is 1.28. The first-order valence-electron chi connectivity index (χ1n) is 4.15. The van der Waals surface area contributed by atoms with E-state index in [0.717, 1.165) is 12.3 Å². The lowest BCUT2D eigenvalue weighted by Crippen LogP contribution is -2.24. The number of hydrogen-bond acceptors (Lipinski definition) is 1. The van der Waals surface area contributed by atoms with Crippen LogP contribution in [0, 0.1) is 11.8 Å². The number of fused-ring (bicyclic) bond motifs is 1. The van der Waals surface area contributed by atoms with Gasteiger partial charge in [-0.15, -0.1) is 0 Å². The van der Waals surface area contributed by atoms with Gasteiger partial charge in [-0.25, -0.2) is 0 Å². The molecule has 1 aliphatic carbocycles. The van der Waals surface area contributed by atoms with E-state index >= 15 is 0 Å². The van der Waals surface area contributed by atoms with Crippen LogP contribution in [0.25, 0.3) is 0 Å². The van der Waals surface area contributed by atoms with Crippen LogP contribution in [0.15, 0.2) is 15.6 Å². The van der Waals surface area contributed by atoms with Crippen LogP contribution in [0.4, 0.5) is 0 Å². The Balaban J connectivity index is 2.23. The van der Waals surface area contributed by atoms with Crippen molar-refractivity contribution in [1.29, 1.82) is 0 Å². The molecule has 0 N–H and O–H groups in total. The van der Waals surface area contributed by atoms with E-state index in [9.17, 15) is 0 Å². The van der Waals surface area contributed by atoms with Gasteiger partial charge in [0.05, 0.1) is 6.04 Å². The first-order chi connectivity index (χ1) is 5.27. The molecular formula is C9H12BrN. The Labute approximate surface area is 75.7 Å². The van der Waals surface area contributed by atoms with Crippen LogP contribution >= 0.6 is 15.9 Å². The predicted octanol–water partition coefficient (Wildman–Crippen LogP) is 2.76. The van der Waals surface area contributed by atoms with Crippen molar-refractivity contribution in [2.75, 3.05) is 0 Å². The van der Waals surface area contributed by atoms with Gasteiger partial charge in [0.1, 0.15) is 0 Å². The fourth-order valence-corrected chi connectivity index (χ4v) is 2.87. The van der Waals surface area contributed by atoms with Gasteiger partial charge < -0.3 is 0 Å². The Morgan fingerprint density at radius 1 is 1.64 bits per heavy atom. The van der Waals surface area contributed by atoms with Gasteiger partial charge in [-0.2, -0.15) is 0 Å². The van der Waals surface area contributed by atoms with Crippen LogP contribution in [0.3, 0.4) is 0 Å². The smallest absolute Gasteiger partial charge is 0.0591 e. The van der Waals surface area contributed by atoms with E-state index < -0.39 is 0 Å². The molecule has 3 atom stereocenters. The SMILES string of the molecule is CC1CC(Br)=CC2CC=NC12. The van der Waals surface area contributed by atoms with Crippen LogP contribution in [0.2, 0.25) is 0 Å². The van der Waals surface area contributed by atoms with E-state index in [-0.39, 0.29) is 0 Å². The minimum Gasteiger partial charge on any atom is -0.293 e. The highest BCUT2D eigenvalue weighted by atomic mass is 79.9. The monoisotopic (exact) mass is 213 g/mol. The first-order valence-corrected chi connectivity index (χ1v) is 4.94. The van der Waals surface area contributed by atoms with Crippen molar-refractivity contribution in [3.8, 4) is 0 Å².